The Balaban J connectivity index is 1.98. The second-order valence-electron chi connectivity index (χ2n) is 4.23. The number of hydrogen-bond donors (Lipinski definition) is 2. The van der Waals surface area contributed by atoms with Gasteiger partial charge >= 0.3 is 0 Å². The summed E-state index contributed by atoms with van der Waals surface area (Å²) in [7, 11) is 1.54. The number of ether oxygens (including phenoxy) is 1. The van der Waals surface area contributed by atoms with E-state index in [2.05, 4.69) is 21.2 Å². The molecular weight excluding hydrogens is 352 g/mol. The number of amides is 1. The first kappa shape index (κ1) is 15.7. The van der Waals surface area contributed by atoms with Crippen LogP contribution in [-0.2, 0) is 4.79 Å². The van der Waals surface area contributed by atoms with Crippen LogP contribution < -0.4 is 15.8 Å². The van der Waals surface area contributed by atoms with Crippen LogP contribution in [0.15, 0.2) is 51.8 Å². The van der Waals surface area contributed by atoms with Gasteiger partial charge in [-0.1, -0.05) is 12.1 Å². The highest BCUT2D eigenvalue weighted by Gasteiger charge is 2.09. The van der Waals surface area contributed by atoms with Gasteiger partial charge in [-0.05, 0) is 40.2 Å². The number of nitrogens with two attached hydrogens (primary N) is 1. The molecule has 0 saturated heterocycles. The number of methoxy groups -OCH3 is 1. The Hall–Kier alpha value is -1.66. The Kier molecular flexibility index (Phi) is 5.52. The summed E-state index contributed by atoms with van der Waals surface area (Å²) in [6.07, 6.45) is 0. The fourth-order valence-electron chi connectivity index (χ4n) is 1.70. The molecule has 0 radical (unpaired) electrons. The number of nitrogen functional groups attached to an aromatic ring is 1. The van der Waals surface area contributed by atoms with Gasteiger partial charge in [-0.15, -0.1) is 11.8 Å². The van der Waals surface area contributed by atoms with Crippen molar-refractivity contribution in [3.63, 3.8) is 0 Å². The monoisotopic (exact) mass is 366 g/mol. The van der Waals surface area contributed by atoms with Crippen molar-refractivity contribution in [2.45, 2.75) is 4.90 Å². The van der Waals surface area contributed by atoms with Gasteiger partial charge in [-0.25, -0.2) is 0 Å². The molecule has 0 fully saturated rings. The van der Waals surface area contributed by atoms with Crippen molar-refractivity contribution < 1.29 is 9.53 Å². The van der Waals surface area contributed by atoms with Gasteiger partial charge in [-0.3, -0.25) is 4.79 Å². The standard InChI is InChI=1S/C15H15BrN2O2S/c1-20-13-8-10(17)6-7-12(13)18-15(19)9-21-14-5-3-2-4-11(14)16/h2-8H,9,17H2,1H3,(H,18,19). The molecule has 2 aromatic carbocycles. The Morgan fingerprint density at radius 2 is 2.10 bits per heavy atom. The number of halogens is 1. The van der Waals surface area contributed by atoms with Gasteiger partial charge in [0.05, 0.1) is 18.6 Å². The highest BCUT2D eigenvalue weighted by Crippen LogP contribution is 2.29. The van der Waals surface area contributed by atoms with E-state index in [4.69, 9.17) is 10.5 Å². The number of carbonyl (C=O) groups excluding carboxylic acids is 1. The molecule has 0 saturated carbocycles. The Morgan fingerprint density at radius 3 is 2.81 bits per heavy atom. The maximum atomic E-state index is 12.0. The summed E-state index contributed by atoms with van der Waals surface area (Å²) in [4.78, 5) is 13.0. The zero-order valence-electron chi connectivity index (χ0n) is 11.4. The van der Waals surface area contributed by atoms with Gasteiger partial charge < -0.3 is 15.8 Å². The number of benzene rings is 2. The molecule has 2 rings (SSSR count). The fourth-order valence-corrected chi connectivity index (χ4v) is 3.07. The van der Waals surface area contributed by atoms with E-state index in [1.165, 1.54) is 11.8 Å². The SMILES string of the molecule is COc1cc(N)ccc1NC(=O)CSc1ccccc1Br. The molecule has 4 nitrogen and oxygen atoms in total. The van der Waals surface area contributed by atoms with Crippen LogP contribution in [0, 0.1) is 0 Å². The molecule has 3 N–H and O–H groups in total. The minimum atomic E-state index is -0.0983. The van der Waals surface area contributed by atoms with Crippen LogP contribution in [0.1, 0.15) is 0 Å². The molecule has 6 heteroatoms. The van der Waals surface area contributed by atoms with E-state index in [0.29, 0.717) is 22.9 Å². The summed E-state index contributed by atoms with van der Waals surface area (Å²) in [5.41, 5.74) is 6.89. The molecule has 0 aliphatic heterocycles. The molecule has 1 amide bonds. The quantitative estimate of drug-likeness (QED) is 0.624. The number of carbonyl (C=O) groups is 1. The van der Waals surface area contributed by atoms with Gasteiger partial charge in [0.25, 0.3) is 0 Å². The smallest absolute Gasteiger partial charge is 0.234 e. The van der Waals surface area contributed by atoms with Crippen molar-refractivity contribution in [1.82, 2.24) is 0 Å². The summed E-state index contributed by atoms with van der Waals surface area (Å²) in [5, 5.41) is 2.82. The average Bonchev–Trinajstić information content (AvgIpc) is 2.48. The lowest BCUT2D eigenvalue weighted by Gasteiger charge is -2.11. The maximum absolute atomic E-state index is 12.0. The molecule has 0 spiro atoms. The third-order valence-corrected chi connectivity index (χ3v) is 4.72. The number of rotatable bonds is 5. The lowest BCUT2D eigenvalue weighted by atomic mass is 10.2. The van der Waals surface area contributed by atoms with E-state index < -0.39 is 0 Å². The van der Waals surface area contributed by atoms with Crippen LogP contribution in [0.3, 0.4) is 0 Å². The second-order valence-corrected chi connectivity index (χ2v) is 6.10. The summed E-state index contributed by atoms with van der Waals surface area (Å²) in [6.45, 7) is 0. The van der Waals surface area contributed by atoms with Crippen molar-refractivity contribution in [2.24, 2.45) is 0 Å². The third kappa shape index (κ3) is 4.41. The van der Waals surface area contributed by atoms with Crippen molar-refractivity contribution in [3.8, 4) is 5.75 Å². The first-order valence-electron chi connectivity index (χ1n) is 6.21. The normalized spacial score (nSPS) is 10.2. The average molecular weight is 367 g/mol. The third-order valence-electron chi connectivity index (χ3n) is 2.70. The van der Waals surface area contributed by atoms with Crippen LogP contribution in [-0.4, -0.2) is 18.8 Å². The first-order chi connectivity index (χ1) is 10.1. The summed E-state index contributed by atoms with van der Waals surface area (Å²) >= 11 is 4.92. The highest BCUT2D eigenvalue weighted by atomic mass is 79.9. The maximum Gasteiger partial charge on any atom is 0.234 e. The van der Waals surface area contributed by atoms with Gasteiger partial charge in [0, 0.05) is 21.1 Å². The molecule has 0 aromatic heterocycles. The van der Waals surface area contributed by atoms with Crippen molar-refractivity contribution in [1.29, 1.82) is 0 Å². The molecule has 0 unspecified atom stereocenters. The number of hydrogen-bond acceptors (Lipinski definition) is 4. The minimum Gasteiger partial charge on any atom is -0.494 e. The predicted molar refractivity (Wildman–Crippen MR) is 90.9 cm³/mol. The molecule has 2 aromatic rings. The van der Waals surface area contributed by atoms with E-state index in [1.807, 2.05) is 24.3 Å². The van der Waals surface area contributed by atoms with E-state index >= 15 is 0 Å². The van der Waals surface area contributed by atoms with Crippen molar-refractivity contribution in [3.05, 3.63) is 46.9 Å². The number of anilines is 2. The molecule has 0 aliphatic carbocycles. The zero-order chi connectivity index (χ0) is 15.2. The molecule has 0 atom stereocenters. The summed E-state index contributed by atoms with van der Waals surface area (Å²) < 4.78 is 6.18. The first-order valence-corrected chi connectivity index (χ1v) is 7.98. The fraction of sp³-hybridized carbons (Fsp3) is 0.133. The van der Waals surface area contributed by atoms with Crippen LogP contribution in [0.5, 0.6) is 5.75 Å². The lowest BCUT2D eigenvalue weighted by Crippen LogP contribution is -2.14. The molecule has 110 valence electrons. The number of thioether (sulfide) groups is 1. The second kappa shape index (κ2) is 7.38. The number of nitrogens with one attached hydrogen (secondary N) is 1. The van der Waals surface area contributed by atoms with Crippen LogP contribution >= 0.6 is 27.7 Å². The van der Waals surface area contributed by atoms with Crippen molar-refractivity contribution in [2.75, 3.05) is 23.9 Å². The predicted octanol–water partition coefficient (Wildman–Crippen LogP) is 3.77. The molecule has 0 heterocycles. The molecule has 21 heavy (non-hydrogen) atoms. The lowest BCUT2D eigenvalue weighted by molar-refractivity contribution is -0.113. The largest absolute Gasteiger partial charge is 0.494 e. The van der Waals surface area contributed by atoms with E-state index in [9.17, 15) is 4.79 Å². The van der Waals surface area contributed by atoms with Gasteiger partial charge in [0.2, 0.25) is 5.91 Å². The van der Waals surface area contributed by atoms with Crippen LogP contribution in [0.4, 0.5) is 11.4 Å². The zero-order valence-corrected chi connectivity index (χ0v) is 13.8. The Morgan fingerprint density at radius 1 is 1.33 bits per heavy atom. The van der Waals surface area contributed by atoms with E-state index in [-0.39, 0.29) is 5.91 Å². The minimum absolute atomic E-state index is 0.0983. The molecular formula is C15H15BrN2O2S. The van der Waals surface area contributed by atoms with Crippen LogP contribution in [0.2, 0.25) is 0 Å². The van der Waals surface area contributed by atoms with Gasteiger partial charge in [0.1, 0.15) is 5.75 Å². The summed E-state index contributed by atoms with van der Waals surface area (Å²) in [6, 6.07) is 12.9. The summed E-state index contributed by atoms with van der Waals surface area (Å²) in [5.74, 6) is 0.768. The van der Waals surface area contributed by atoms with Crippen LogP contribution in [0.25, 0.3) is 0 Å². The highest BCUT2D eigenvalue weighted by molar-refractivity contribution is 9.10. The van der Waals surface area contributed by atoms with E-state index in [1.54, 1.807) is 25.3 Å². The van der Waals surface area contributed by atoms with Gasteiger partial charge in [-0.2, -0.15) is 0 Å². The van der Waals surface area contributed by atoms with Gasteiger partial charge in [0.15, 0.2) is 0 Å². The van der Waals surface area contributed by atoms with E-state index in [0.717, 1.165) is 9.37 Å². The Bertz CT molecular complexity index is 649. The Labute approximate surface area is 136 Å². The van der Waals surface area contributed by atoms with Crippen molar-refractivity contribution >= 4 is 45.0 Å². The molecule has 0 aliphatic rings. The topological polar surface area (TPSA) is 64.3 Å². The molecule has 0 bridgehead atoms.